The van der Waals surface area contributed by atoms with Crippen molar-refractivity contribution < 1.29 is 4.79 Å². The standard InChI is InChI=1S/C9H16BrClO/c1-2-3-4-5-6-7-8(10)9(11)12/h8H,2-7H2,1H3/t8-/m0/s1. The normalized spacial score (nSPS) is 12.9. The number of rotatable bonds is 7. The quantitative estimate of drug-likeness (QED) is 0.383. The zero-order valence-electron chi connectivity index (χ0n) is 7.48. The highest BCUT2D eigenvalue weighted by atomic mass is 79.9. The van der Waals surface area contributed by atoms with Crippen molar-refractivity contribution in [1.82, 2.24) is 0 Å². The van der Waals surface area contributed by atoms with Crippen LogP contribution in [0.2, 0.25) is 0 Å². The topological polar surface area (TPSA) is 17.1 Å². The van der Waals surface area contributed by atoms with Crippen molar-refractivity contribution in [2.45, 2.75) is 50.3 Å². The fourth-order valence-electron chi connectivity index (χ4n) is 1.04. The largest absolute Gasteiger partial charge is 0.280 e. The Morgan fingerprint density at radius 3 is 2.42 bits per heavy atom. The van der Waals surface area contributed by atoms with Gasteiger partial charge in [0.05, 0.1) is 4.83 Å². The van der Waals surface area contributed by atoms with Gasteiger partial charge >= 0.3 is 0 Å². The summed E-state index contributed by atoms with van der Waals surface area (Å²) in [4.78, 5) is 10.4. The van der Waals surface area contributed by atoms with Gasteiger partial charge in [-0.15, -0.1) is 0 Å². The third-order valence-corrected chi connectivity index (χ3v) is 3.21. The van der Waals surface area contributed by atoms with Crippen LogP contribution in [0.25, 0.3) is 0 Å². The minimum absolute atomic E-state index is 0.138. The van der Waals surface area contributed by atoms with Crippen LogP contribution < -0.4 is 0 Å². The molecular formula is C9H16BrClO. The van der Waals surface area contributed by atoms with Crippen LogP contribution >= 0.6 is 27.5 Å². The number of hydrogen-bond donors (Lipinski definition) is 0. The van der Waals surface area contributed by atoms with Gasteiger partial charge in [-0.2, -0.15) is 0 Å². The molecule has 0 spiro atoms. The molecular weight excluding hydrogens is 239 g/mol. The third kappa shape index (κ3) is 7.11. The van der Waals surface area contributed by atoms with Crippen molar-refractivity contribution in [1.29, 1.82) is 0 Å². The van der Waals surface area contributed by atoms with E-state index in [9.17, 15) is 4.79 Å². The SMILES string of the molecule is CCCCCCC[C@H](Br)C(=O)Cl. The first-order valence-electron chi connectivity index (χ1n) is 4.52. The number of hydrogen-bond acceptors (Lipinski definition) is 1. The highest BCUT2D eigenvalue weighted by Crippen LogP contribution is 2.14. The molecule has 3 heteroatoms. The Kier molecular flexibility index (Phi) is 8.35. The molecule has 0 aliphatic carbocycles. The Hall–Kier alpha value is 0.440. The van der Waals surface area contributed by atoms with Crippen LogP contribution in [0.1, 0.15) is 45.4 Å². The van der Waals surface area contributed by atoms with Crippen LogP contribution in [0.15, 0.2) is 0 Å². The van der Waals surface area contributed by atoms with Gasteiger partial charge < -0.3 is 0 Å². The summed E-state index contributed by atoms with van der Waals surface area (Å²) in [7, 11) is 0. The van der Waals surface area contributed by atoms with Crippen LogP contribution in [-0.2, 0) is 4.79 Å². The van der Waals surface area contributed by atoms with Gasteiger partial charge in [0.15, 0.2) is 0 Å². The van der Waals surface area contributed by atoms with Gasteiger partial charge in [0, 0.05) is 0 Å². The van der Waals surface area contributed by atoms with Gasteiger partial charge in [0.25, 0.3) is 0 Å². The molecule has 0 bridgehead atoms. The van der Waals surface area contributed by atoms with E-state index in [-0.39, 0.29) is 10.1 Å². The van der Waals surface area contributed by atoms with E-state index in [1.54, 1.807) is 0 Å². The van der Waals surface area contributed by atoms with E-state index < -0.39 is 0 Å². The number of carbonyl (C=O) groups is 1. The van der Waals surface area contributed by atoms with Crippen LogP contribution in [0.3, 0.4) is 0 Å². The second kappa shape index (κ2) is 8.06. The van der Waals surface area contributed by atoms with E-state index in [1.807, 2.05) is 0 Å². The maximum absolute atomic E-state index is 10.6. The molecule has 0 aliphatic heterocycles. The molecule has 0 rings (SSSR count). The molecule has 0 unspecified atom stereocenters. The number of carbonyl (C=O) groups excluding carboxylic acids is 1. The van der Waals surface area contributed by atoms with Gasteiger partial charge in [-0.25, -0.2) is 0 Å². The van der Waals surface area contributed by atoms with Gasteiger partial charge in [-0.3, -0.25) is 4.79 Å². The third-order valence-electron chi connectivity index (χ3n) is 1.81. The smallest absolute Gasteiger partial charge is 0.235 e. The molecule has 0 aliphatic rings. The van der Waals surface area contributed by atoms with Crippen LogP contribution in [0.5, 0.6) is 0 Å². The molecule has 72 valence electrons. The molecule has 1 nitrogen and oxygen atoms in total. The summed E-state index contributed by atoms with van der Waals surface area (Å²) >= 11 is 8.51. The van der Waals surface area contributed by atoms with E-state index >= 15 is 0 Å². The monoisotopic (exact) mass is 254 g/mol. The molecule has 0 saturated heterocycles. The lowest BCUT2D eigenvalue weighted by atomic mass is 10.1. The molecule has 0 aromatic rings. The van der Waals surface area contributed by atoms with Gasteiger partial charge in [0.2, 0.25) is 5.24 Å². The first kappa shape index (κ1) is 12.4. The molecule has 0 amide bonds. The predicted octanol–water partition coefficient (Wildman–Crippen LogP) is 3.88. The first-order chi connectivity index (χ1) is 5.68. The molecule has 0 aromatic heterocycles. The predicted molar refractivity (Wildman–Crippen MR) is 57.0 cm³/mol. The van der Waals surface area contributed by atoms with Crippen molar-refractivity contribution in [2.75, 3.05) is 0 Å². The summed E-state index contributed by atoms with van der Waals surface area (Å²) in [5, 5.41) is -0.273. The van der Waals surface area contributed by atoms with Crippen molar-refractivity contribution in [2.24, 2.45) is 0 Å². The lowest BCUT2D eigenvalue weighted by Gasteiger charge is -2.03. The van der Waals surface area contributed by atoms with E-state index in [4.69, 9.17) is 11.6 Å². The van der Waals surface area contributed by atoms with E-state index in [0.717, 1.165) is 12.8 Å². The summed E-state index contributed by atoms with van der Waals surface area (Å²) in [6.45, 7) is 2.19. The van der Waals surface area contributed by atoms with Gasteiger partial charge in [-0.1, -0.05) is 55.0 Å². The Labute approximate surface area is 88.0 Å². The van der Waals surface area contributed by atoms with Crippen LogP contribution in [0, 0.1) is 0 Å². The highest BCUT2D eigenvalue weighted by Gasteiger charge is 2.10. The first-order valence-corrected chi connectivity index (χ1v) is 5.81. The van der Waals surface area contributed by atoms with E-state index in [1.165, 1.54) is 25.7 Å². The zero-order chi connectivity index (χ0) is 9.40. The molecule has 0 radical (unpaired) electrons. The fourth-order valence-corrected chi connectivity index (χ4v) is 1.47. The average molecular weight is 256 g/mol. The summed E-state index contributed by atoms with van der Waals surface area (Å²) in [5.74, 6) is 0. The number of halogens is 2. The molecule has 0 fully saturated rings. The summed E-state index contributed by atoms with van der Waals surface area (Å²) in [5.41, 5.74) is 0. The minimum atomic E-state index is -0.273. The van der Waals surface area contributed by atoms with Gasteiger partial charge in [0.1, 0.15) is 0 Å². The Balaban J connectivity index is 3.14. The molecule has 0 N–H and O–H groups in total. The van der Waals surface area contributed by atoms with Crippen molar-refractivity contribution in [3.63, 3.8) is 0 Å². The average Bonchev–Trinajstić information content (AvgIpc) is 2.03. The molecule has 12 heavy (non-hydrogen) atoms. The fraction of sp³-hybridized carbons (Fsp3) is 0.889. The molecule has 1 atom stereocenters. The Morgan fingerprint density at radius 2 is 1.92 bits per heavy atom. The lowest BCUT2D eigenvalue weighted by molar-refractivity contribution is -0.111. The minimum Gasteiger partial charge on any atom is -0.280 e. The summed E-state index contributed by atoms with van der Waals surface area (Å²) < 4.78 is 0. The second-order valence-electron chi connectivity index (χ2n) is 2.97. The maximum Gasteiger partial charge on any atom is 0.235 e. The zero-order valence-corrected chi connectivity index (χ0v) is 9.83. The number of alkyl halides is 1. The highest BCUT2D eigenvalue weighted by molar-refractivity contribution is 9.10. The van der Waals surface area contributed by atoms with Crippen molar-refractivity contribution in [3.8, 4) is 0 Å². The Bertz CT molecular complexity index is 128. The molecule has 0 saturated carbocycles. The van der Waals surface area contributed by atoms with E-state index in [0.29, 0.717) is 0 Å². The molecule has 0 aromatic carbocycles. The van der Waals surface area contributed by atoms with Crippen molar-refractivity contribution in [3.05, 3.63) is 0 Å². The second-order valence-corrected chi connectivity index (χ2v) is 4.45. The van der Waals surface area contributed by atoms with Crippen LogP contribution in [-0.4, -0.2) is 10.1 Å². The lowest BCUT2D eigenvalue weighted by Crippen LogP contribution is -2.06. The van der Waals surface area contributed by atoms with Crippen molar-refractivity contribution >= 4 is 32.8 Å². The maximum atomic E-state index is 10.6. The summed E-state index contributed by atoms with van der Waals surface area (Å²) in [6.07, 6.45) is 6.99. The summed E-state index contributed by atoms with van der Waals surface area (Å²) in [6, 6.07) is 0. The van der Waals surface area contributed by atoms with E-state index in [2.05, 4.69) is 22.9 Å². The number of unbranched alkanes of at least 4 members (excludes halogenated alkanes) is 4. The molecule has 0 heterocycles. The van der Waals surface area contributed by atoms with Gasteiger partial charge in [-0.05, 0) is 18.0 Å². The van der Waals surface area contributed by atoms with Crippen LogP contribution in [0.4, 0.5) is 0 Å². The Morgan fingerprint density at radius 1 is 1.33 bits per heavy atom.